The summed E-state index contributed by atoms with van der Waals surface area (Å²) in [5.41, 5.74) is 0. The second-order valence-electron chi connectivity index (χ2n) is 0.812. The molecule has 0 nitrogen and oxygen atoms in total. The van der Waals surface area contributed by atoms with Gasteiger partial charge in [0.05, 0.1) is 4.48 Å². The van der Waals surface area contributed by atoms with Gasteiger partial charge in [0.1, 0.15) is 0 Å². The Labute approximate surface area is 48.7 Å². The maximum Gasteiger partial charge on any atom is 0.284 e. The van der Waals surface area contributed by atoms with Crippen molar-refractivity contribution < 1.29 is 8.78 Å². The van der Waals surface area contributed by atoms with Crippen LogP contribution in [0.25, 0.3) is 0 Å². The lowest BCUT2D eigenvalue weighted by atomic mass is 10.6. The number of allylic oxidation sites excluding steroid dienone is 2. The highest BCUT2D eigenvalue weighted by Gasteiger charge is 1.92. The molecule has 0 amide bonds. The third kappa shape index (κ3) is 2.51. The fourth-order valence-corrected chi connectivity index (χ4v) is 0.0772. The van der Waals surface area contributed by atoms with Gasteiger partial charge in [-0.3, -0.25) is 0 Å². The molecule has 3 heteroatoms. The van der Waals surface area contributed by atoms with Crippen LogP contribution in [0.3, 0.4) is 0 Å². The fraction of sp³-hybridized carbons (Fsp3) is 0. The summed E-state index contributed by atoms with van der Waals surface area (Å²) in [4.78, 5) is 0. The fourth-order valence-electron chi connectivity index (χ4n) is 0.0772. The predicted molar refractivity (Wildman–Crippen MR) is 28.4 cm³/mol. The number of hydrogen-bond acceptors (Lipinski definition) is 0. The summed E-state index contributed by atoms with van der Waals surface area (Å²) in [5, 5.41) is 0. The topological polar surface area (TPSA) is 0 Å². The number of hydrogen-bond donors (Lipinski definition) is 0. The Morgan fingerprint density at radius 3 is 2.00 bits per heavy atom. The third-order valence-corrected chi connectivity index (χ3v) is 0.983. The average molecular weight is 169 g/mol. The van der Waals surface area contributed by atoms with Gasteiger partial charge >= 0.3 is 0 Å². The quantitative estimate of drug-likeness (QED) is 0.529. The summed E-state index contributed by atoms with van der Waals surface area (Å²) >= 11 is 2.55. The molecule has 0 fully saturated rings. The molecule has 0 bridgehead atoms. The van der Waals surface area contributed by atoms with E-state index >= 15 is 0 Å². The zero-order valence-electron chi connectivity index (χ0n) is 3.42. The van der Waals surface area contributed by atoms with Crippen molar-refractivity contribution in [2.45, 2.75) is 0 Å². The van der Waals surface area contributed by atoms with E-state index in [0.29, 0.717) is 0 Å². The SMILES string of the molecule is C=CC(Br)=C(F)F. The summed E-state index contributed by atoms with van der Waals surface area (Å²) in [5.74, 6) is 0. The van der Waals surface area contributed by atoms with Gasteiger partial charge in [0.2, 0.25) is 0 Å². The Morgan fingerprint density at radius 1 is 1.57 bits per heavy atom. The number of halogens is 3. The first kappa shape index (κ1) is 6.82. The molecule has 0 aromatic rings. The van der Waals surface area contributed by atoms with Crippen LogP contribution in [-0.4, -0.2) is 0 Å². The van der Waals surface area contributed by atoms with Crippen molar-refractivity contribution in [3.8, 4) is 0 Å². The van der Waals surface area contributed by atoms with Crippen molar-refractivity contribution in [1.29, 1.82) is 0 Å². The van der Waals surface area contributed by atoms with Gasteiger partial charge < -0.3 is 0 Å². The van der Waals surface area contributed by atoms with Gasteiger partial charge in [0.15, 0.2) is 0 Å². The summed E-state index contributed by atoms with van der Waals surface area (Å²) in [7, 11) is 0. The van der Waals surface area contributed by atoms with E-state index in [1.54, 1.807) is 0 Å². The van der Waals surface area contributed by atoms with Gasteiger partial charge in [-0.1, -0.05) is 6.58 Å². The molecule has 0 atom stereocenters. The maximum atomic E-state index is 11.2. The molecule has 0 saturated heterocycles. The lowest BCUT2D eigenvalue weighted by molar-refractivity contribution is 0.420. The second kappa shape index (κ2) is 2.91. The van der Waals surface area contributed by atoms with Crippen LogP contribution in [0, 0.1) is 0 Å². The monoisotopic (exact) mass is 168 g/mol. The van der Waals surface area contributed by atoms with Crippen LogP contribution >= 0.6 is 15.9 Å². The molecular weight excluding hydrogens is 166 g/mol. The molecule has 0 rings (SSSR count). The largest absolute Gasteiger partial charge is 0.284 e. The molecule has 0 N–H and O–H groups in total. The summed E-state index contributed by atoms with van der Waals surface area (Å²) < 4.78 is 22.1. The van der Waals surface area contributed by atoms with Crippen molar-refractivity contribution in [2.24, 2.45) is 0 Å². The minimum absolute atomic E-state index is 0.243. The Kier molecular flexibility index (Phi) is 2.83. The molecule has 0 unspecified atom stereocenters. The lowest BCUT2D eigenvalue weighted by Crippen LogP contribution is -1.59. The maximum absolute atomic E-state index is 11.2. The first-order valence-electron chi connectivity index (χ1n) is 1.51. The van der Waals surface area contributed by atoms with Gasteiger partial charge in [-0.2, -0.15) is 8.78 Å². The Hall–Kier alpha value is -0.180. The zero-order chi connectivity index (χ0) is 5.86. The van der Waals surface area contributed by atoms with Crippen LogP contribution in [0.2, 0.25) is 0 Å². The highest BCUT2D eigenvalue weighted by Crippen LogP contribution is 2.13. The molecule has 0 spiro atoms. The van der Waals surface area contributed by atoms with E-state index in [4.69, 9.17) is 0 Å². The van der Waals surface area contributed by atoms with Crippen molar-refractivity contribution >= 4 is 15.9 Å². The van der Waals surface area contributed by atoms with Crippen molar-refractivity contribution in [2.75, 3.05) is 0 Å². The minimum Gasteiger partial charge on any atom is -0.172 e. The van der Waals surface area contributed by atoms with Crippen LogP contribution in [0.4, 0.5) is 8.78 Å². The van der Waals surface area contributed by atoms with Crippen molar-refractivity contribution in [1.82, 2.24) is 0 Å². The predicted octanol–water partition coefficient (Wildman–Crippen LogP) is 2.68. The highest BCUT2D eigenvalue weighted by atomic mass is 79.9. The lowest BCUT2D eigenvalue weighted by Gasteiger charge is -1.79. The highest BCUT2D eigenvalue weighted by molar-refractivity contribution is 9.11. The summed E-state index contributed by atoms with van der Waals surface area (Å²) in [6, 6.07) is 0. The van der Waals surface area contributed by atoms with Gasteiger partial charge in [-0.05, 0) is 22.0 Å². The first-order valence-corrected chi connectivity index (χ1v) is 2.31. The molecule has 0 aliphatic carbocycles. The molecule has 0 saturated carbocycles. The average Bonchev–Trinajstić information content (AvgIpc) is 1.65. The molecule has 0 aromatic carbocycles. The van der Waals surface area contributed by atoms with Crippen molar-refractivity contribution in [3.63, 3.8) is 0 Å². The molecule has 0 aromatic heterocycles. The van der Waals surface area contributed by atoms with Gasteiger partial charge in [0, 0.05) is 0 Å². The van der Waals surface area contributed by atoms with E-state index in [1.165, 1.54) is 0 Å². The third-order valence-electron chi connectivity index (χ3n) is 0.360. The number of rotatable bonds is 1. The molecule has 0 heterocycles. The van der Waals surface area contributed by atoms with Gasteiger partial charge in [0.25, 0.3) is 6.08 Å². The minimum atomic E-state index is -1.74. The molecule has 0 radical (unpaired) electrons. The van der Waals surface area contributed by atoms with Crippen molar-refractivity contribution in [3.05, 3.63) is 23.2 Å². The summed E-state index contributed by atoms with van der Waals surface area (Å²) in [6.45, 7) is 3.10. The van der Waals surface area contributed by atoms with Gasteiger partial charge in [-0.15, -0.1) is 0 Å². The molecule has 7 heavy (non-hydrogen) atoms. The smallest absolute Gasteiger partial charge is 0.172 e. The van der Waals surface area contributed by atoms with Crippen LogP contribution in [0.15, 0.2) is 23.2 Å². The van der Waals surface area contributed by atoms with E-state index in [1.807, 2.05) is 0 Å². The van der Waals surface area contributed by atoms with Gasteiger partial charge in [-0.25, -0.2) is 0 Å². The molecule has 0 aliphatic heterocycles. The Balaban J connectivity index is 3.98. The van der Waals surface area contributed by atoms with E-state index in [-0.39, 0.29) is 4.48 Å². The Bertz CT molecular complexity index is 102. The van der Waals surface area contributed by atoms with Crippen LogP contribution in [-0.2, 0) is 0 Å². The molecular formula is C4H3BrF2. The standard InChI is InChI=1S/C4H3BrF2/c1-2-3(5)4(6)7/h2H,1H2. The van der Waals surface area contributed by atoms with E-state index < -0.39 is 6.08 Å². The second-order valence-corrected chi connectivity index (χ2v) is 1.67. The summed E-state index contributed by atoms with van der Waals surface area (Å²) in [6.07, 6.45) is -0.704. The molecule has 0 aliphatic rings. The van der Waals surface area contributed by atoms with E-state index in [0.717, 1.165) is 6.08 Å². The normalized spacial score (nSPS) is 7.86. The van der Waals surface area contributed by atoms with E-state index in [9.17, 15) is 8.78 Å². The van der Waals surface area contributed by atoms with Crippen LogP contribution < -0.4 is 0 Å². The zero-order valence-corrected chi connectivity index (χ0v) is 5.00. The first-order chi connectivity index (χ1) is 3.18. The Morgan fingerprint density at radius 2 is 2.00 bits per heavy atom. The van der Waals surface area contributed by atoms with E-state index in [2.05, 4.69) is 22.5 Å². The van der Waals surface area contributed by atoms with Crippen LogP contribution in [0.1, 0.15) is 0 Å². The molecule has 40 valence electrons. The van der Waals surface area contributed by atoms with Crippen LogP contribution in [0.5, 0.6) is 0 Å².